The smallest absolute Gasteiger partial charge is 0.162 e. The summed E-state index contributed by atoms with van der Waals surface area (Å²) in [5.74, 6) is 1.36. The lowest BCUT2D eigenvalue weighted by Crippen LogP contribution is -1.97. The number of halogens is 1. The minimum absolute atomic E-state index is 0.329. The Morgan fingerprint density at radius 3 is 2.59 bits per heavy atom. The Morgan fingerprint density at radius 1 is 1.18 bits per heavy atom. The summed E-state index contributed by atoms with van der Waals surface area (Å²) in [5.41, 5.74) is 3.10. The molecule has 116 valence electrons. The Kier molecular flexibility index (Phi) is 4.04. The maximum Gasteiger partial charge on any atom is 0.162 e. The Balaban J connectivity index is 2.22. The van der Waals surface area contributed by atoms with Gasteiger partial charge in [-0.25, -0.2) is 0 Å². The summed E-state index contributed by atoms with van der Waals surface area (Å²) in [4.78, 5) is 3.22. The number of benzene rings is 1. The van der Waals surface area contributed by atoms with E-state index in [2.05, 4.69) is 9.55 Å². The van der Waals surface area contributed by atoms with Crippen molar-refractivity contribution in [3.8, 4) is 22.8 Å². The number of nitrogens with zero attached hydrogens (tertiary/aromatic N) is 1. The number of aryl methyl sites for hydroxylation is 1. The highest BCUT2D eigenvalue weighted by Crippen LogP contribution is 2.38. The monoisotopic (exact) mass is 302 g/mol. The van der Waals surface area contributed by atoms with Crippen LogP contribution in [0.3, 0.4) is 0 Å². The molecule has 1 N–H and O–H groups in total. The van der Waals surface area contributed by atoms with Crippen LogP contribution in [0.1, 0.15) is 6.42 Å². The van der Waals surface area contributed by atoms with Gasteiger partial charge in [-0.05, 0) is 24.6 Å². The number of hydrogen-bond acceptors (Lipinski definition) is 2. The Bertz CT molecular complexity index is 763. The summed E-state index contributed by atoms with van der Waals surface area (Å²) >= 11 is 0. The number of rotatable bonds is 6. The number of aromatic amines is 1. The normalized spacial score (nSPS) is 11.0. The summed E-state index contributed by atoms with van der Waals surface area (Å²) in [6, 6.07) is 7.89. The second kappa shape index (κ2) is 6.13. The summed E-state index contributed by atoms with van der Waals surface area (Å²) in [5, 5.41) is 1.05. The van der Waals surface area contributed by atoms with Crippen LogP contribution < -0.4 is 9.47 Å². The minimum atomic E-state index is -0.329. The van der Waals surface area contributed by atoms with Crippen molar-refractivity contribution in [2.75, 3.05) is 20.9 Å². The van der Waals surface area contributed by atoms with Gasteiger partial charge in [0.1, 0.15) is 0 Å². The molecule has 3 rings (SSSR count). The fraction of sp³-hybridized carbons (Fsp3) is 0.294. The van der Waals surface area contributed by atoms with Crippen molar-refractivity contribution in [1.29, 1.82) is 0 Å². The third kappa shape index (κ3) is 2.43. The molecule has 0 aliphatic heterocycles. The summed E-state index contributed by atoms with van der Waals surface area (Å²) in [6.45, 7) is 0.300. The highest BCUT2D eigenvalue weighted by molar-refractivity contribution is 5.97. The van der Waals surface area contributed by atoms with Gasteiger partial charge >= 0.3 is 0 Å². The number of hydrogen-bond donors (Lipinski definition) is 1. The molecule has 2 aromatic heterocycles. The maximum absolute atomic E-state index is 12.6. The average molecular weight is 302 g/mol. The van der Waals surface area contributed by atoms with Gasteiger partial charge in [0.15, 0.2) is 11.5 Å². The lowest BCUT2D eigenvalue weighted by atomic mass is 10.1. The van der Waals surface area contributed by atoms with Crippen LogP contribution in [0.25, 0.3) is 22.2 Å². The zero-order valence-electron chi connectivity index (χ0n) is 12.7. The van der Waals surface area contributed by atoms with Gasteiger partial charge in [0, 0.05) is 41.6 Å². The summed E-state index contributed by atoms with van der Waals surface area (Å²) < 4.78 is 25.4. The molecule has 3 aromatic rings. The fourth-order valence-corrected chi connectivity index (χ4v) is 2.74. The van der Waals surface area contributed by atoms with Crippen molar-refractivity contribution >= 4 is 10.9 Å². The van der Waals surface area contributed by atoms with E-state index in [1.54, 1.807) is 14.2 Å². The van der Waals surface area contributed by atoms with Crippen LogP contribution in [0.4, 0.5) is 4.39 Å². The molecule has 0 saturated heterocycles. The predicted molar refractivity (Wildman–Crippen MR) is 85.4 cm³/mol. The molecule has 4 nitrogen and oxygen atoms in total. The van der Waals surface area contributed by atoms with Crippen LogP contribution in [0.5, 0.6) is 11.5 Å². The zero-order valence-corrected chi connectivity index (χ0v) is 12.7. The van der Waals surface area contributed by atoms with E-state index >= 15 is 0 Å². The van der Waals surface area contributed by atoms with Crippen molar-refractivity contribution < 1.29 is 13.9 Å². The number of nitrogens with one attached hydrogen (secondary N) is 1. The molecule has 0 radical (unpaired) electrons. The van der Waals surface area contributed by atoms with Gasteiger partial charge in [-0.2, -0.15) is 0 Å². The van der Waals surface area contributed by atoms with Crippen molar-refractivity contribution in [3.63, 3.8) is 0 Å². The molecule has 0 aliphatic rings. The van der Waals surface area contributed by atoms with Gasteiger partial charge in [0.25, 0.3) is 0 Å². The van der Waals surface area contributed by atoms with E-state index in [1.165, 1.54) is 0 Å². The van der Waals surface area contributed by atoms with Crippen LogP contribution in [-0.2, 0) is 6.54 Å². The van der Waals surface area contributed by atoms with Gasteiger partial charge in [-0.1, -0.05) is 0 Å². The zero-order chi connectivity index (χ0) is 15.5. The van der Waals surface area contributed by atoms with Crippen LogP contribution in [0, 0.1) is 0 Å². The maximum atomic E-state index is 12.6. The number of methoxy groups -OCH3 is 2. The van der Waals surface area contributed by atoms with Crippen molar-refractivity contribution in [3.05, 3.63) is 36.7 Å². The Hall–Kier alpha value is -2.43. The minimum Gasteiger partial charge on any atom is -0.493 e. The lowest BCUT2D eigenvalue weighted by Gasteiger charge is -2.09. The van der Waals surface area contributed by atoms with E-state index in [9.17, 15) is 4.39 Å². The number of ether oxygens (including phenoxy) is 2. The Morgan fingerprint density at radius 2 is 1.95 bits per heavy atom. The largest absolute Gasteiger partial charge is 0.493 e. The second-order valence-electron chi connectivity index (χ2n) is 5.09. The van der Waals surface area contributed by atoms with Crippen molar-refractivity contribution in [1.82, 2.24) is 9.55 Å². The quantitative estimate of drug-likeness (QED) is 0.747. The molecule has 0 saturated carbocycles. The molecule has 2 heterocycles. The molecular weight excluding hydrogens is 283 g/mol. The molecule has 5 heteroatoms. The first-order valence-electron chi connectivity index (χ1n) is 7.23. The molecule has 0 atom stereocenters. The molecule has 0 aliphatic carbocycles. The van der Waals surface area contributed by atoms with Crippen LogP contribution in [-0.4, -0.2) is 30.4 Å². The SMILES string of the molecule is COc1cc2c(-c3ccc[nH]3)cn(CCCF)c2cc1OC. The van der Waals surface area contributed by atoms with Gasteiger partial charge < -0.3 is 19.0 Å². The molecular formula is C17H19FN2O2. The molecule has 0 amide bonds. The first-order chi connectivity index (χ1) is 10.8. The predicted octanol–water partition coefficient (Wildman–Crippen LogP) is 4.01. The van der Waals surface area contributed by atoms with Gasteiger partial charge in [0.05, 0.1) is 26.4 Å². The lowest BCUT2D eigenvalue weighted by molar-refractivity contribution is 0.355. The number of H-pyrrole nitrogens is 1. The number of alkyl halides is 1. The van der Waals surface area contributed by atoms with E-state index < -0.39 is 0 Å². The van der Waals surface area contributed by atoms with E-state index in [0.29, 0.717) is 24.5 Å². The topological polar surface area (TPSA) is 39.2 Å². The Labute approximate surface area is 128 Å². The first kappa shape index (κ1) is 14.5. The first-order valence-corrected chi connectivity index (χ1v) is 7.23. The van der Waals surface area contributed by atoms with E-state index in [1.807, 2.05) is 36.7 Å². The van der Waals surface area contributed by atoms with Crippen LogP contribution in [0.2, 0.25) is 0 Å². The molecule has 0 spiro atoms. The molecule has 0 unspecified atom stereocenters. The fourth-order valence-electron chi connectivity index (χ4n) is 2.74. The number of aromatic nitrogens is 2. The van der Waals surface area contributed by atoms with Crippen LogP contribution >= 0.6 is 0 Å². The van der Waals surface area contributed by atoms with Gasteiger partial charge in [0.2, 0.25) is 0 Å². The van der Waals surface area contributed by atoms with E-state index in [4.69, 9.17) is 9.47 Å². The van der Waals surface area contributed by atoms with E-state index in [-0.39, 0.29) is 6.67 Å². The van der Waals surface area contributed by atoms with Crippen molar-refractivity contribution in [2.45, 2.75) is 13.0 Å². The third-order valence-corrected chi connectivity index (χ3v) is 3.81. The summed E-state index contributed by atoms with van der Waals surface area (Å²) in [7, 11) is 3.24. The molecule has 0 fully saturated rings. The second-order valence-corrected chi connectivity index (χ2v) is 5.09. The van der Waals surface area contributed by atoms with Crippen molar-refractivity contribution in [2.24, 2.45) is 0 Å². The van der Waals surface area contributed by atoms with Crippen LogP contribution in [0.15, 0.2) is 36.7 Å². The average Bonchev–Trinajstić information content (AvgIpc) is 3.18. The molecule has 0 bridgehead atoms. The third-order valence-electron chi connectivity index (χ3n) is 3.81. The molecule has 1 aromatic carbocycles. The summed E-state index contributed by atoms with van der Waals surface area (Å²) in [6.07, 6.45) is 4.42. The van der Waals surface area contributed by atoms with E-state index in [0.717, 1.165) is 22.2 Å². The molecule has 22 heavy (non-hydrogen) atoms. The highest BCUT2D eigenvalue weighted by atomic mass is 19.1. The standard InChI is InChI=1S/C17H19FN2O2/c1-21-16-9-12-13(14-5-3-7-19-14)11-20(8-4-6-18)15(12)10-17(16)22-2/h3,5,7,9-11,19H,4,6,8H2,1-2H3. The van der Waals surface area contributed by atoms with Gasteiger partial charge in [-0.3, -0.25) is 4.39 Å². The highest BCUT2D eigenvalue weighted by Gasteiger charge is 2.15. The van der Waals surface area contributed by atoms with Gasteiger partial charge in [-0.15, -0.1) is 0 Å². The number of fused-ring (bicyclic) bond motifs is 1.